The quantitative estimate of drug-likeness (QED) is 0.804. The summed E-state index contributed by atoms with van der Waals surface area (Å²) in [6.07, 6.45) is 0. The van der Waals surface area contributed by atoms with Crippen LogP contribution in [0.1, 0.15) is 24.2 Å². The zero-order valence-electron chi connectivity index (χ0n) is 10.8. The second-order valence-electron chi connectivity index (χ2n) is 4.33. The molecule has 0 fully saturated rings. The molecule has 0 saturated heterocycles. The highest BCUT2D eigenvalue weighted by Crippen LogP contribution is 2.20. The molecule has 1 aromatic rings. The van der Waals surface area contributed by atoms with Gasteiger partial charge < -0.3 is 10.6 Å². The Morgan fingerprint density at radius 2 is 1.89 bits per heavy atom. The smallest absolute Gasteiger partial charge is 0.252 e. The molecule has 1 aromatic carbocycles. The van der Waals surface area contributed by atoms with Crippen molar-refractivity contribution < 1.29 is 9.59 Å². The highest BCUT2D eigenvalue weighted by Gasteiger charge is 2.10. The predicted octanol–water partition coefficient (Wildman–Crippen LogP) is 2.60. The number of rotatable bonds is 5. The van der Waals surface area contributed by atoms with Gasteiger partial charge in [-0.15, -0.1) is 0 Å². The molecule has 0 heterocycles. The standard InChI is InChI=1S/C13H16BrClN2O2/c1-8(2)12(18)16-5-6-17-13(19)10-7-9(14)3-4-11(10)15/h3-4,7-8H,5-6H2,1-2H3,(H,16,18)(H,17,19). The highest BCUT2D eigenvalue weighted by molar-refractivity contribution is 9.10. The third-order valence-electron chi connectivity index (χ3n) is 2.41. The molecule has 2 N–H and O–H groups in total. The van der Waals surface area contributed by atoms with Crippen molar-refractivity contribution in [2.75, 3.05) is 13.1 Å². The van der Waals surface area contributed by atoms with Crippen LogP contribution in [0.25, 0.3) is 0 Å². The van der Waals surface area contributed by atoms with Gasteiger partial charge in [0.25, 0.3) is 5.91 Å². The summed E-state index contributed by atoms with van der Waals surface area (Å²) >= 11 is 9.23. The van der Waals surface area contributed by atoms with Gasteiger partial charge in [0.2, 0.25) is 5.91 Å². The van der Waals surface area contributed by atoms with Crippen LogP contribution in [-0.2, 0) is 4.79 Å². The molecule has 0 atom stereocenters. The number of amides is 2. The Balaban J connectivity index is 2.44. The molecule has 6 heteroatoms. The van der Waals surface area contributed by atoms with Gasteiger partial charge in [0.1, 0.15) is 0 Å². The average Bonchev–Trinajstić information content (AvgIpc) is 2.36. The van der Waals surface area contributed by atoms with Crippen molar-refractivity contribution in [3.63, 3.8) is 0 Å². The minimum Gasteiger partial charge on any atom is -0.354 e. The molecule has 0 unspecified atom stereocenters. The van der Waals surface area contributed by atoms with Crippen LogP contribution >= 0.6 is 27.5 Å². The fourth-order valence-corrected chi connectivity index (χ4v) is 1.90. The van der Waals surface area contributed by atoms with Crippen molar-refractivity contribution in [2.24, 2.45) is 5.92 Å². The number of nitrogens with one attached hydrogen (secondary N) is 2. The molecule has 0 saturated carbocycles. The van der Waals surface area contributed by atoms with E-state index >= 15 is 0 Å². The first-order valence-corrected chi connectivity index (χ1v) is 7.10. The van der Waals surface area contributed by atoms with Gasteiger partial charge in [0.15, 0.2) is 0 Å². The van der Waals surface area contributed by atoms with Crippen LogP contribution in [0.5, 0.6) is 0 Å². The maximum atomic E-state index is 11.9. The van der Waals surface area contributed by atoms with Crippen LogP contribution in [-0.4, -0.2) is 24.9 Å². The molecule has 0 aliphatic carbocycles. The number of hydrogen-bond donors (Lipinski definition) is 2. The highest BCUT2D eigenvalue weighted by atomic mass is 79.9. The number of benzene rings is 1. The summed E-state index contributed by atoms with van der Waals surface area (Å²) in [5.74, 6) is -0.352. The minimum atomic E-state index is -0.259. The lowest BCUT2D eigenvalue weighted by atomic mass is 10.2. The fourth-order valence-electron chi connectivity index (χ4n) is 1.33. The number of carbonyl (C=O) groups excluding carboxylic acids is 2. The van der Waals surface area contributed by atoms with E-state index in [1.807, 2.05) is 13.8 Å². The molecule has 104 valence electrons. The Morgan fingerprint density at radius 1 is 1.26 bits per heavy atom. The molecular formula is C13H16BrClN2O2. The number of carbonyl (C=O) groups is 2. The molecule has 0 radical (unpaired) electrons. The van der Waals surface area contributed by atoms with Crippen molar-refractivity contribution in [1.29, 1.82) is 0 Å². The second-order valence-corrected chi connectivity index (χ2v) is 5.65. The van der Waals surface area contributed by atoms with Gasteiger partial charge in [-0.1, -0.05) is 41.4 Å². The summed E-state index contributed by atoms with van der Waals surface area (Å²) in [4.78, 5) is 23.2. The van der Waals surface area contributed by atoms with Crippen molar-refractivity contribution in [1.82, 2.24) is 10.6 Å². The molecule has 19 heavy (non-hydrogen) atoms. The lowest BCUT2D eigenvalue weighted by Gasteiger charge is -2.09. The zero-order valence-corrected chi connectivity index (χ0v) is 13.1. The fraction of sp³-hybridized carbons (Fsp3) is 0.385. The maximum Gasteiger partial charge on any atom is 0.252 e. The summed E-state index contributed by atoms with van der Waals surface area (Å²) < 4.78 is 0.787. The van der Waals surface area contributed by atoms with Gasteiger partial charge in [0, 0.05) is 23.5 Å². The first-order chi connectivity index (χ1) is 8.91. The number of halogens is 2. The van der Waals surface area contributed by atoms with E-state index in [-0.39, 0.29) is 17.7 Å². The van der Waals surface area contributed by atoms with Crippen LogP contribution in [0, 0.1) is 5.92 Å². The first-order valence-electron chi connectivity index (χ1n) is 5.92. The van der Waals surface area contributed by atoms with E-state index in [2.05, 4.69) is 26.6 Å². The third-order valence-corrected chi connectivity index (χ3v) is 3.23. The average molecular weight is 348 g/mol. The van der Waals surface area contributed by atoms with Crippen molar-refractivity contribution >= 4 is 39.3 Å². The molecule has 2 amide bonds. The van der Waals surface area contributed by atoms with Crippen molar-refractivity contribution in [2.45, 2.75) is 13.8 Å². The van der Waals surface area contributed by atoms with Gasteiger partial charge in [-0.2, -0.15) is 0 Å². The molecular weight excluding hydrogens is 332 g/mol. The zero-order chi connectivity index (χ0) is 14.4. The summed E-state index contributed by atoms with van der Waals surface area (Å²) in [7, 11) is 0. The van der Waals surface area contributed by atoms with Crippen LogP contribution < -0.4 is 10.6 Å². The van der Waals surface area contributed by atoms with E-state index in [9.17, 15) is 9.59 Å². The van der Waals surface area contributed by atoms with Crippen LogP contribution in [0.15, 0.2) is 22.7 Å². The predicted molar refractivity (Wildman–Crippen MR) is 79.3 cm³/mol. The van der Waals surface area contributed by atoms with E-state index in [4.69, 9.17) is 11.6 Å². The Bertz CT molecular complexity index is 478. The van der Waals surface area contributed by atoms with Crippen LogP contribution in [0.3, 0.4) is 0 Å². The molecule has 0 spiro atoms. The van der Waals surface area contributed by atoms with Gasteiger partial charge in [-0.05, 0) is 18.2 Å². The van der Waals surface area contributed by atoms with E-state index in [0.717, 1.165) is 4.47 Å². The molecule has 0 bridgehead atoms. The van der Waals surface area contributed by atoms with Crippen LogP contribution in [0.4, 0.5) is 0 Å². The minimum absolute atomic E-state index is 0.0327. The van der Waals surface area contributed by atoms with Gasteiger partial charge in [-0.3, -0.25) is 9.59 Å². The third kappa shape index (κ3) is 5.20. The summed E-state index contributed by atoms with van der Waals surface area (Å²) in [5, 5.41) is 5.82. The maximum absolute atomic E-state index is 11.9. The molecule has 1 rings (SSSR count). The van der Waals surface area contributed by atoms with E-state index < -0.39 is 0 Å². The first kappa shape index (κ1) is 16.0. The Morgan fingerprint density at radius 3 is 2.53 bits per heavy atom. The molecule has 0 aromatic heterocycles. The largest absolute Gasteiger partial charge is 0.354 e. The second kappa shape index (κ2) is 7.50. The lowest BCUT2D eigenvalue weighted by molar-refractivity contribution is -0.123. The topological polar surface area (TPSA) is 58.2 Å². The Kier molecular flexibility index (Phi) is 6.31. The van der Waals surface area contributed by atoms with Crippen molar-refractivity contribution in [3.8, 4) is 0 Å². The molecule has 0 aliphatic heterocycles. The Labute approximate surface area is 126 Å². The van der Waals surface area contributed by atoms with Gasteiger partial charge in [0.05, 0.1) is 10.6 Å². The Hall–Kier alpha value is -1.07. The summed E-state index contributed by atoms with van der Waals surface area (Å²) in [5.41, 5.74) is 0.409. The van der Waals surface area contributed by atoms with Gasteiger partial charge in [-0.25, -0.2) is 0 Å². The summed E-state index contributed by atoms with van der Waals surface area (Å²) in [6.45, 7) is 4.39. The SMILES string of the molecule is CC(C)C(=O)NCCNC(=O)c1cc(Br)ccc1Cl. The van der Waals surface area contributed by atoms with E-state index in [1.54, 1.807) is 18.2 Å². The van der Waals surface area contributed by atoms with Crippen molar-refractivity contribution in [3.05, 3.63) is 33.3 Å². The van der Waals surface area contributed by atoms with E-state index in [0.29, 0.717) is 23.7 Å². The molecule has 0 aliphatic rings. The molecule has 4 nitrogen and oxygen atoms in total. The van der Waals surface area contributed by atoms with Gasteiger partial charge >= 0.3 is 0 Å². The summed E-state index contributed by atoms with van der Waals surface area (Å²) in [6, 6.07) is 5.08. The normalized spacial score (nSPS) is 10.4. The monoisotopic (exact) mass is 346 g/mol. The number of hydrogen-bond acceptors (Lipinski definition) is 2. The van der Waals surface area contributed by atoms with Crippen LogP contribution in [0.2, 0.25) is 5.02 Å². The van der Waals surface area contributed by atoms with E-state index in [1.165, 1.54) is 0 Å². The lowest BCUT2D eigenvalue weighted by Crippen LogP contribution is -2.36.